The lowest BCUT2D eigenvalue weighted by Gasteiger charge is -2.19. The number of nitriles is 1. The van der Waals surface area contributed by atoms with Crippen molar-refractivity contribution in [3.63, 3.8) is 0 Å². The Morgan fingerprint density at radius 3 is 2.68 bits per heavy atom. The van der Waals surface area contributed by atoms with Crippen molar-refractivity contribution in [2.45, 2.75) is 13.3 Å². The van der Waals surface area contributed by atoms with Gasteiger partial charge in [-0.05, 0) is 19.1 Å². The van der Waals surface area contributed by atoms with Gasteiger partial charge in [-0.1, -0.05) is 0 Å². The van der Waals surface area contributed by atoms with Gasteiger partial charge in [0.2, 0.25) is 0 Å². The van der Waals surface area contributed by atoms with E-state index in [0.717, 1.165) is 0 Å². The lowest BCUT2D eigenvalue weighted by molar-refractivity contribution is -0.140. The van der Waals surface area contributed by atoms with Crippen molar-refractivity contribution in [3.05, 3.63) is 29.6 Å². The molecule has 0 N–H and O–H groups in total. The van der Waals surface area contributed by atoms with E-state index in [2.05, 4.69) is 9.72 Å². The van der Waals surface area contributed by atoms with E-state index in [1.165, 1.54) is 30.3 Å². The fourth-order valence-electron chi connectivity index (χ4n) is 1.48. The Bertz CT molecular complexity index is 491. The molecule has 0 unspecified atom stereocenters. The fourth-order valence-corrected chi connectivity index (χ4v) is 1.48. The first-order chi connectivity index (χ1) is 9.12. The van der Waals surface area contributed by atoms with Crippen molar-refractivity contribution < 1.29 is 14.3 Å². The third kappa shape index (κ3) is 4.07. The Kier molecular flexibility index (Phi) is 5.48. The highest BCUT2D eigenvalue weighted by atomic mass is 16.5. The Labute approximate surface area is 111 Å². The highest BCUT2D eigenvalue weighted by molar-refractivity contribution is 5.92. The monoisotopic (exact) mass is 261 g/mol. The molecule has 100 valence electrons. The first kappa shape index (κ1) is 14.6. The molecule has 1 amide bonds. The number of nitrogens with zero attached hydrogens (tertiary/aromatic N) is 3. The number of amides is 1. The largest absolute Gasteiger partial charge is 0.469 e. The van der Waals surface area contributed by atoms with E-state index in [4.69, 9.17) is 5.26 Å². The second-order valence-corrected chi connectivity index (χ2v) is 3.75. The van der Waals surface area contributed by atoms with Gasteiger partial charge in [0, 0.05) is 19.3 Å². The highest BCUT2D eigenvalue weighted by Gasteiger charge is 2.16. The molecule has 0 bridgehead atoms. The molecule has 0 spiro atoms. The molecule has 1 rings (SSSR count). The summed E-state index contributed by atoms with van der Waals surface area (Å²) in [5.41, 5.74) is 0.653. The van der Waals surface area contributed by atoms with Gasteiger partial charge in [-0.25, -0.2) is 4.98 Å². The number of rotatable bonds is 5. The summed E-state index contributed by atoms with van der Waals surface area (Å²) >= 11 is 0. The van der Waals surface area contributed by atoms with Crippen molar-refractivity contribution in [2.75, 3.05) is 20.2 Å². The summed E-state index contributed by atoms with van der Waals surface area (Å²) in [5.74, 6) is -0.630. The molecular formula is C13H15N3O3. The SMILES string of the molecule is CCN(CCC(=O)OC)C(=O)c1ccc(C#N)cn1. The van der Waals surface area contributed by atoms with Crippen LogP contribution in [-0.2, 0) is 9.53 Å². The van der Waals surface area contributed by atoms with E-state index in [0.29, 0.717) is 12.1 Å². The maximum absolute atomic E-state index is 12.1. The van der Waals surface area contributed by atoms with E-state index in [9.17, 15) is 9.59 Å². The summed E-state index contributed by atoms with van der Waals surface area (Å²) in [6.45, 7) is 2.57. The minimum Gasteiger partial charge on any atom is -0.469 e. The molecule has 19 heavy (non-hydrogen) atoms. The number of hydrogen-bond acceptors (Lipinski definition) is 5. The van der Waals surface area contributed by atoms with Gasteiger partial charge in [0.25, 0.3) is 5.91 Å². The molecule has 1 heterocycles. The van der Waals surface area contributed by atoms with Crippen molar-refractivity contribution in [1.82, 2.24) is 9.88 Å². The van der Waals surface area contributed by atoms with E-state index in [1.54, 1.807) is 0 Å². The Balaban J connectivity index is 2.72. The first-order valence-electron chi connectivity index (χ1n) is 5.84. The predicted molar refractivity (Wildman–Crippen MR) is 67.2 cm³/mol. The number of pyridine rings is 1. The van der Waals surface area contributed by atoms with Gasteiger partial charge in [0.05, 0.1) is 19.1 Å². The van der Waals surface area contributed by atoms with Crippen LogP contribution in [0.1, 0.15) is 29.4 Å². The number of carbonyl (C=O) groups is 2. The summed E-state index contributed by atoms with van der Waals surface area (Å²) in [6.07, 6.45) is 1.49. The number of methoxy groups -OCH3 is 1. The van der Waals surface area contributed by atoms with E-state index < -0.39 is 0 Å². The topological polar surface area (TPSA) is 83.3 Å². The molecule has 0 saturated carbocycles. The zero-order chi connectivity index (χ0) is 14.3. The number of ether oxygens (including phenoxy) is 1. The molecular weight excluding hydrogens is 246 g/mol. The van der Waals surface area contributed by atoms with Gasteiger partial charge in [-0.2, -0.15) is 5.26 Å². The quantitative estimate of drug-likeness (QED) is 0.738. The maximum Gasteiger partial charge on any atom is 0.307 e. The van der Waals surface area contributed by atoms with Crippen molar-refractivity contribution in [3.8, 4) is 6.07 Å². The molecule has 6 nitrogen and oxygen atoms in total. The second-order valence-electron chi connectivity index (χ2n) is 3.75. The molecule has 0 atom stereocenters. The number of carbonyl (C=O) groups excluding carboxylic acids is 2. The van der Waals surface area contributed by atoms with Gasteiger partial charge in [0.15, 0.2) is 0 Å². The molecule has 0 aliphatic rings. The lowest BCUT2D eigenvalue weighted by Crippen LogP contribution is -2.33. The summed E-state index contributed by atoms with van der Waals surface area (Å²) < 4.78 is 4.53. The van der Waals surface area contributed by atoms with Gasteiger partial charge < -0.3 is 9.64 Å². The van der Waals surface area contributed by atoms with Crippen LogP contribution in [-0.4, -0.2) is 42.0 Å². The molecule has 0 aliphatic heterocycles. The number of esters is 1. The van der Waals surface area contributed by atoms with Gasteiger partial charge in [-0.15, -0.1) is 0 Å². The molecule has 6 heteroatoms. The maximum atomic E-state index is 12.1. The molecule has 0 fully saturated rings. The van der Waals surface area contributed by atoms with Crippen LogP contribution in [0.4, 0.5) is 0 Å². The Morgan fingerprint density at radius 1 is 1.47 bits per heavy atom. The standard InChI is InChI=1S/C13H15N3O3/c1-3-16(7-6-12(17)19-2)13(18)11-5-4-10(8-14)9-15-11/h4-5,9H,3,6-7H2,1-2H3. The number of hydrogen-bond donors (Lipinski definition) is 0. The van der Waals surface area contributed by atoms with E-state index >= 15 is 0 Å². The third-order valence-corrected chi connectivity index (χ3v) is 2.59. The third-order valence-electron chi connectivity index (χ3n) is 2.59. The van der Waals surface area contributed by atoms with Gasteiger partial charge in [0.1, 0.15) is 11.8 Å². The smallest absolute Gasteiger partial charge is 0.307 e. The highest BCUT2D eigenvalue weighted by Crippen LogP contribution is 2.05. The number of aromatic nitrogens is 1. The van der Waals surface area contributed by atoms with Crippen LogP contribution in [0, 0.1) is 11.3 Å². The van der Waals surface area contributed by atoms with Gasteiger partial charge >= 0.3 is 5.97 Å². The minimum atomic E-state index is -0.362. The lowest BCUT2D eigenvalue weighted by atomic mass is 10.2. The average molecular weight is 261 g/mol. The zero-order valence-electron chi connectivity index (χ0n) is 10.9. The Morgan fingerprint density at radius 2 is 2.21 bits per heavy atom. The predicted octanol–water partition coefficient (Wildman–Crippen LogP) is 0.978. The Hall–Kier alpha value is -2.42. The van der Waals surface area contributed by atoms with Crippen LogP contribution in [0.25, 0.3) is 0 Å². The van der Waals surface area contributed by atoms with Crippen LogP contribution in [0.15, 0.2) is 18.3 Å². The molecule has 0 radical (unpaired) electrons. The minimum absolute atomic E-state index is 0.145. The van der Waals surface area contributed by atoms with E-state index in [-0.39, 0.29) is 30.5 Å². The van der Waals surface area contributed by atoms with E-state index in [1.807, 2.05) is 13.0 Å². The normalized spacial score (nSPS) is 9.53. The van der Waals surface area contributed by atoms with Crippen LogP contribution < -0.4 is 0 Å². The molecule has 0 saturated heterocycles. The van der Waals surface area contributed by atoms with Crippen molar-refractivity contribution in [1.29, 1.82) is 5.26 Å². The second kappa shape index (κ2) is 7.11. The van der Waals surface area contributed by atoms with Crippen LogP contribution >= 0.6 is 0 Å². The summed E-state index contributed by atoms with van der Waals surface area (Å²) in [5, 5.41) is 8.66. The van der Waals surface area contributed by atoms with Crippen LogP contribution in [0.2, 0.25) is 0 Å². The van der Waals surface area contributed by atoms with Gasteiger partial charge in [-0.3, -0.25) is 9.59 Å². The zero-order valence-corrected chi connectivity index (χ0v) is 10.9. The summed E-state index contributed by atoms with van der Waals surface area (Å²) in [4.78, 5) is 28.6. The first-order valence-corrected chi connectivity index (χ1v) is 5.84. The molecule has 1 aromatic heterocycles. The molecule has 1 aromatic rings. The molecule has 0 aliphatic carbocycles. The average Bonchev–Trinajstić information content (AvgIpc) is 2.47. The van der Waals surface area contributed by atoms with Crippen LogP contribution in [0.3, 0.4) is 0 Å². The fraction of sp³-hybridized carbons (Fsp3) is 0.385. The van der Waals surface area contributed by atoms with Crippen molar-refractivity contribution in [2.24, 2.45) is 0 Å². The van der Waals surface area contributed by atoms with Crippen molar-refractivity contribution >= 4 is 11.9 Å². The summed E-state index contributed by atoms with van der Waals surface area (Å²) in [6, 6.07) is 4.97. The summed E-state index contributed by atoms with van der Waals surface area (Å²) in [7, 11) is 1.31. The molecule has 0 aromatic carbocycles. The van der Waals surface area contributed by atoms with Crippen LogP contribution in [0.5, 0.6) is 0 Å².